The summed E-state index contributed by atoms with van der Waals surface area (Å²) in [4.78, 5) is 11.7. The molecule has 2 aromatic rings. The van der Waals surface area contributed by atoms with Crippen LogP contribution in [0.15, 0.2) is 65.9 Å². The number of rotatable bonds is 4. The quantitative estimate of drug-likeness (QED) is 0.632. The van der Waals surface area contributed by atoms with Crippen LogP contribution in [0.3, 0.4) is 0 Å². The van der Waals surface area contributed by atoms with Crippen molar-refractivity contribution in [3.8, 4) is 0 Å². The number of hydrogen-bond acceptors (Lipinski definition) is 4. The number of cyclic esters (lactones) is 1. The van der Waals surface area contributed by atoms with Crippen molar-refractivity contribution in [3.63, 3.8) is 0 Å². The molecular formula is C19H15ClO3S. The van der Waals surface area contributed by atoms with E-state index < -0.39 is 12.1 Å². The van der Waals surface area contributed by atoms with Crippen molar-refractivity contribution in [2.45, 2.75) is 18.9 Å². The van der Waals surface area contributed by atoms with Gasteiger partial charge in [-0.05, 0) is 36.1 Å². The number of carbonyl (C=O) groups excluding carboxylic acids is 1. The van der Waals surface area contributed by atoms with Gasteiger partial charge >= 0.3 is 5.97 Å². The van der Waals surface area contributed by atoms with E-state index in [4.69, 9.17) is 28.6 Å². The van der Waals surface area contributed by atoms with Crippen molar-refractivity contribution >= 4 is 34.7 Å². The van der Waals surface area contributed by atoms with E-state index in [-0.39, 0.29) is 10.6 Å². The molecule has 0 saturated carbocycles. The van der Waals surface area contributed by atoms with Crippen molar-refractivity contribution in [1.82, 2.24) is 0 Å². The van der Waals surface area contributed by atoms with Crippen molar-refractivity contribution in [3.05, 3.63) is 82.1 Å². The fourth-order valence-corrected chi connectivity index (χ4v) is 3.11. The van der Waals surface area contributed by atoms with E-state index in [1.165, 1.54) is 0 Å². The minimum Gasteiger partial charge on any atom is -0.506 e. The third-order valence-corrected chi connectivity index (χ3v) is 4.52. The number of ether oxygens (including phenoxy) is 1. The van der Waals surface area contributed by atoms with E-state index in [0.29, 0.717) is 23.4 Å². The van der Waals surface area contributed by atoms with Crippen LogP contribution in [0.2, 0.25) is 5.02 Å². The molecule has 0 fully saturated rings. The zero-order valence-corrected chi connectivity index (χ0v) is 14.3. The molecule has 0 spiro atoms. The fraction of sp³-hybridized carbons (Fsp3) is 0.158. The van der Waals surface area contributed by atoms with Gasteiger partial charge in [-0.2, -0.15) is 0 Å². The number of aryl methyl sites for hydroxylation is 1. The highest BCUT2D eigenvalue weighted by Crippen LogP contribution is 2.35. The van der Waals surface area contributed by atoms with Gasteiger partial charge in [0.05, 0.1) is 0 Å². The predicted octanol–water partition coefficient (Wildman–Crippen LogP) is 4.75. The van der Waals surface area contributed by atoms with Crippen LogP contribution >= 0.6 is 23.8 Å². The van der Waals surface area contributed by atoms with Crippen LogP contribution < -0.4 is 0 Å². The molecule has 0 bridgehead atoms. The number of esters is 1. The van der Waals surface area contributed by atoms with Crippen molar-refractivity contribution in [1.29, 1.82) is 0 Å². The molecule has 3 rings (SSSR count). The molecule has 0 aromatic heterocycles. The molecule has 24 heavy (non-hydrogen) atoms. The third kappa shape index (κ3) is 3.50. The molecule has 1 heterocycles. The van der Waals surface area contributed by atoms with Gasteiger partial charge in [-0.1, -0.05) is 66.3 Å². The van der Waals surface area contributed by atoms with E-state index in [9.17, 15) is 9.90 Å². The second-order valence-corrected chi connectivity index (χ2v) is 6.37. The van der Waals surface area contributed by atoms with Gasteiger partial charge in [0.2, 0.25) is 0 Å². The average molecular weight is 359 g/mol. The molecule has 3 nitrogen and oxygen atoms in total. The SMILES string of the molecule is O=C1OC(c2ccccc2)C(CCc2cccc(Cl)c2)=C(O)C1=S. The molecule has 1 N–H and O–H groups in total. The number of aliphatic hydroxyl groups excluding tert-OH is 1. The Bertz CT molecular complexity index is 814. The summed E-state index contributed by atoms with van der Waals surface area (Å²) in [6.07, 6.45) is 0.548. The zero-order valence-electron chi connectivity index (χ0n) is 12.7. The molecule has 0 aliphatic carbocycles. The van der Waals surface area contributed by atoms with Crippen molar-refractivity contribution in [2.75, 3.05) is 0 Å². The first kappa shape index (κ1) is 16.7. The minimum absolute atomic E-state index is 0.142. The highest BCUT2D eigenvalue weighted by Gasteiger charge is 2.34. The average Bonchev–Trinajstić information content (AvgIpc) is 2.59. The molecular weight excluding hydrogens is 344 g/mol. The van der Waals surface area contributed by atoms with Crippen LogP contribution in [-0.4, -0.2) is 15.9 Å². The Hall–Kier alpha value is -2.17. The summed E-state index contributed by atoms with van der Waals surface area (Å²) in [7, 11) is 0. The Morgan fingerprint density at radius 2 is 1.83 bits per heavy atom. The molecule has 1 aliphatic heterocycles. The summed E-state index contributed by atoms with van der Waals surface area (Å²) < 4.78 is 5.46. The van der Waals surface area contributed by atoms with Crippen LogP contribution in [0, 0.1) is 0 Å². The van der Waals surface area contributed by atoms with Gasteiger partial charge in [-0.15, -0.1) is 0 Å². The molecule has 5 heteroatoms. The summed E-state index contributed by atoms with van der Waals surface area (Å²) in [5.74, 6) is -0.806. The van der Waals surface area contributed by atoms with Gasteiger partial charge in [-0.25, -0.2) is 4.79 Å². The number of hydrogen-bond donors (Lipinski definition) is 1. The lowest BCUT2D eigenvalue weighted by Crippen LogP contribution is -2.29. The van der Waals surface area contributed by atoms with Gasteiger partial charge in [0.25, 0.3) is 0 Å². The highest BCUT2D eigenvalue weighted by atomic mass is 35.5. The van der Waals surface area contributed by atoms with Crippen LogP contribution in [0.4, 0.5) is 0 Å². The molecule has 0 radical (unpaired) electrons. The van der Waals surface area contributed by atoms with Crippen molar-refractivity contribution < 1.29 is 14.6 Å². The lowest BCUT2D eigenvalue weighted by molar-refractivity contribution is -0.140. The zero-order chi connectivity index (χ0) is 17.1. The summed E-state index contributed by atoms with van der Waals surface area (Å²) in [5, 5.41) is 11.0. The monoisotopic (exact) mass is 358 g/mol. The first-order valence-corrected chi connectivity index (χ1v) is 8.31. The molecule has 1 aliphatic rings. The van der Waals surface area contributed by atoms with Gasteiger partial charge < -0.3 is 9.84 Å². The second-order valence-electron chi connectivity index (χ2n) is 5.53. The van der Waals surface area contributed by atoms with Crippen LogP contribution in [-0.2, 0) is 16.0 Å². The lowest BCUT2D eigenvalue weighted by Gasteiger charge is -2.27. The standard InChI is InChI=1S/C19H15ClO3S/c20-14-8-4-5-12(11-14)9-10-15-16(21)18(24)19(22)23-17(15)13-6-2-1-3-7-13/h1-8,11,17,21H,9-10H2. The van der Waals surface area contributed by atoms with E-state index in [0.717, 1.165) is 11.1 Å². The largest absolute Gasteiger partial charge is 0.506 e. The summed E-state index contributed by atoms with van der Waals surface area (Å²) in [6, 6.07) is 16.9. The number of thiocarbonyl (C=S) groups is 1. The summed E-state index contributed by atoms with van der Waals surface area (Å²) in [5.41, 5.74) is 2.46. The highest BCUT2D eigenvalue weighted by molar-refractivity contribution is 7.82. The summed E-state index contributed by atoms with van der Waals surface area (Å²) in [6.45, 7) is 0. The smallest absolute Gasteiger partial charge is 0.353 e. The Balaban J connectivity index is 1.90. The molecule has 1 atom stereocenters. The Morgan fingerprint density at radius 3 is 2.54 bits per heavy atom. The normalized spacial score (nSPS) is 17.8. The third-order valence-electron chi connectivity index (χ3n) is 3.92. The predicted molar refractivity (Wildman–Crippen MR) is 97.3 cm³/mol. The number of benzene rings is 2. The molecule has 0 amide bonds. The summed E-state index contributed by atoms with van der Waals surface area (Å²) >= 11 is 11.0. The van der Waals surface area contributed by atoms with Crippen LogP contribution in [0.25, 0.3) is 0 Å². The van der Waals surface area contributed by atoms with Gasteiger partial charge in [0, 0.05) is 10.6 Å². The molecule has 1 unspecified atom stereocenters. The van der Waals surface area contributed by atoms with E-state index in [1.807, 2.05) is 54.6 Å². The first-order valence-electron chi connectivity index (χ1n) is 7.53. The van der Waals surface area contributed by atoms with Crippen molar-refractivity contribution in [2.24, 2.45) is 0 Å². The van der Waals surface area contributed by atoms with Gasteiger partial charge in [0.15, 0.2) is 11.0 Å². The van der Waals surface area contributed by atoms with Gasteiger partial charge in [0.1, 0.15) is 5.76 Å². The fourth-order valence-electron chi connectivity index (χ4n) is 2.72. The lowest BCUT2D eigenvalue weighted by atomic mass is 9.92. The van der Waals surface area contributed by atoms with Crippen LogP contribution in [0.1, 0.15) is 23.7 Å². The van der Waals surface area contributed by atoms with E-state index in [2.05, 4.69) is 0 Å². The number of carbonyl (C=O) groups is 1. The number of aliphatic hydroxyl groups is 1. The minimum atomic E-state index is -0.664. The number of halogens is 1. The van der Waals surface area contributed by atoms with E-state index in [1.54, 1.807) is 0 Å². The maximum atomic E-state index is 11.9. The molecule has 0 saturated heterocycles. The second kappa shape index (κ2) is 7.16. The topological polar surface area (TPSA) is 46.5 Å². The molecule has 2 aromatic carbocycles. The maximum absolute atomic E-state index is 11.9. The van der Waals surface area contributed by atoms with Gasteiger partial charge in [-0.3, -0.25) is 0 Å². The van der Waals surface area contributed by atoms with Crippen LogP contribution in [0.5, 0.6) is 0 Å². The first-order chi connectivity index (χ1) is 11.6. The van der Waals surface area contributed by atoms with E-state index >= 15 is 0 Å². The maximum Gasteiger partial charge on any atom is 0.353 e. The Morgan fingerprint density at radius 1 is 1.08 bits per heavy atom. The molecule has 122 valence electrons. The Labute approximate surface area is 150 Å². The Kier molecular flexibility index (Phi) is 4.97.